The number of carbonyl (C=O) groups excluding carboxylic acids is 2. The van der Waals surface area contributed by atoms with E-state index in [1.165, 1.54) is 19.2 Å². The van der Waals surface area contributed by atoms with Gasteiger partial charge in [-0.25, -0.2) is 9.97 Å². The first-order chi connectivity index (χ1) is 11.7. The number of nitrogens with one attached hydrogen (secondary N) is 1. The maximum absolute atomic E-state index is 12.6. The monoisotopic (exact) mass is 348 g/mol. The summed E-state index contributed by atoms with van der Waals surface area (Å²) in [6, 6.07) is 7.76. The molecule has 0 aromatic carbocycles. The summed E-state index contributed by atoms with van der Waals surface area (Å²) in [4.78, 5) is 31.6. The van der Waals surface area contributed by atoms with Crippen LogP contribution < -0.4 is 5.32 Å². The highest BCUT2D eigenvalue weighted by atomic mass is 19.4. The third-order valence-corrected chi connectivity index (χ3v) is 3.21. The third-order valence-electron chi connectivity index (χ3n) is 3.21. The molecule has 9 heteroatoms. The molecule has 0 spiro atoms. The first-order valence-corrected chi connectivity index (χ1v) is 6.94. The van der Waals surface area contributed by atoms with E-state index in [1.807, 2.05) is 0 Å². The van der Waals surface area contributed by atoms with Gasteiger partial charge in [0.25, 0.3) is 5.91 Å². The minimum Gasteiger partial charge on any atom is -0.309 e. The molecule has 2 heterocycles. The molecule has 0 unspecified atom stereocenters. The van der Waals surface area contributed by atoms with Crippen LogP contribution in [0, 0.1) is 24.2 Å². The van der Waals surface area contributed by atoms with Gasteiger partial charge in [0, 0.05) is 17.5 Å². The van der Waals surface area contributed by atoms with Crippen molar-refractivity contribution in [2.24, 2.45) is 5.92 Å². The Morgan fingerprint density at radius 3 is 2.48 bits per heavy atom. The molecule has 0 saturated carbocycles. The Morgan fingerprint density at radius 2 is 1.96 bits per heavy atom. The number of carbonyl (C=O) groups is 2. The van der Waals surface area contributed by atoms with Crippen LogP contribution >= 0.6 is 0 Å². The largest absolute Gasteiger partial charge is 0.433 e. The number of pyridine rings is 2. The zero-order valence-electron chi connectivity index (χ0n) is 12.8. The van der Waals surface area contributed by atoms with Crippen LogP contribution in [0.25, 0.3) is 0 Å². The van der Waals surface area contributed by atoms with Gasteiger partial charge in [-0.2, -0.15) is 18.4 Å². The van der Waals surface area contributed by atoms with Crippen LogP contribution in [-0.2, 0) is 11.0 Å². The summed E-state index contributed by atoms with van der Waals surface area (Å²) in [6.07, 6.45) is -3.25. The Morgan fingerprint density at radius 1 is 1.24 bits per heavy atom. The van der Waals surface area contributed by atoms with Crippen LogP contribution in [0.5, 0.6) is 0 Å². The number of rotatable bonds is 4. The van der Waals surface area contributed by atoms with Crippen molar-refractivity contribution < 1.29 is 22.8 Å². The first-order valence-electron chi connectivity index (χ1n) is 6.94. The molecule has 0 radical (unpaired) electrons. The van der Waals surface area contributed by atoms with Gasteiger partial charge in [-0.1, -0.05) is 6.07 Å². The first kappa shape index (κ1) is 18.1. The number of alkyl halides is 3. The topological polar surface area (TPSA) is 95.7 Å². The summed E-state index contributed by atoms with van der Waals surface area (Å²) in [5, 5.41) is 11.4. The molecular formula is C16H11F3N4O2. The molecule has 128 valence electrons. The van der Waals surface area contributed by atoms with Crippen molar-refractivity contribution in [1.82, 2.24) is 9.97 Å². The van der Waals surface area contributed by atoms with E-state index in [0.717, 1.165) is 6.07 Å². The van der Waals surface area contributed by atoms with Crippen LogP contribution in [-0.4, -0.2) is 21.7 Å². The molecule has 0 aliphatic carbocycles. The van der Waals surface area contributed by atoms with Gasteiger partial charge in [0.05, 0.1) is 6.07 Å². The summed E-state index contributed by atoms with van der Waals surface area (Å²) < 4.78 is 37.9. The lowest BCUT2D eigenvalue weighted by molar-refractivity contribution is -0.141. The van der Waals surface area contributed by atoms with Crippen LogP contribution in [0.15, 0.2) is 36.5 Å². The molecule has 1 atom stereocenters. The van der Waals surface area contributed by atoms with E-state index in [2.05, 4.69) is 15.3 Å². The van der Waals surface area contributed by atoms with Gasteiger partial charge in [-0.05, 0) is 31.2 Å². The van der Waals surface area contributed by atoms with Crippen molar-refractivity contribution in [3.8, 4) is 6.07 Å². The predicted octanol–water partition coefficient (Wildman–Crippen LogP) is 2.76. The number of Topliss-reactive ketones (excluding diaryl/α,β-unsaturated/α-hetero) is 1. The van der Waals surface area contributed by atoms with Gasteiger partial charge in [-0.3, -0.25) is 9.59 Å². The number of amides is 1. The molecule has 0 fully saturated rings. The second kappa shape index (κ2) is 7.09. The molecule has 2 aromatic rings. The maximum Gasteiger partial charge on any atom is 0.433 e. The molecule has 2 rings (SSSR count). The SMILES string of the molecule is Cc1nc(C(F)(F)F)ccc1C(=O)[C@H](C#N)C(=O)Nc1ccccn1. The average Bonchev–Trinajstić information content (AvgIpc) is 2.55. The van der Waals surface area contributed by atoms with Crippen molar-refractivity contribution >= 4 is 17.5 Å². The number of aryl methyl sites for hydroxylation is 1. The number of anilines is 1. The second-order valence-corrected chi connectivity index (χ2v) is 4.96. The summed E-state index contributed by atoms with van der Waals surface area (Å²) in [5.41, 5.74) is -1.60. The lowest BCUT2D eigenvalue weighted by Crippen LogP contribution is -2.29. The van der Waals surface area contributed by atoms with Gasteiger partial charge in [0.15, 0.2) is 11.7 Å². The fraction of sp³-hybridized carbons (Fsp3) is 0.188. The summed E-state index contributed by atoms with van der Waals surface area (Å²) >= 11 is 0. The van der Waals surface area contributed by atoms with Gasteiger partial charge in [-0.15, -0.1) is 0 Å². The van der Waals surface area contributed by atoms with Crippen molar-refractivity contribution in [3.05, 3.63) is 53.5 Å². The van der Waals surface area contributed by atoms with Gasteiger partial charge in [0.2, 0.25) is 0 Å². The standard InChI is InChI=1S/C16H11F3N4O2/c1-9-10(5-6-12(22-9)16(17,18)19)14(24)11(8-20)15(25)23-13-4-2-3-7-21-13/h2-7,11H,1H3,(H,21,23,25)/t11-/m0/s1. The highest BCUT2D eigenvalue weighted by Gasteiger charge is 2.34. The lowest BCUT2D eigenvalue weighted by atomic mass is 9.96. The molecule has 0 bridgehead atoms. The normalized spacial score (nSPS) is 12.1. The smallest absolute Gasteiger partial charge is 0.309 e. The number of aromatic nitrogens is 2. The quantitative estimate of drug-likeness (QED) is 0.677. The Labute approximate surface area is 140 Å². The highest BCUT2D eigenvalue weighted by molar-refractivity contribution is 6.15. The van der Waals surface area contributed by atoms with Gasteiger partial charge in [0.1, 0.15) is 11.5 Å². The molecule has 25 heavy (non-hydrogen) atoms. The van der Waals surface area contributed by atoms with Crippen LogP contribution in [0.2, 0.25) is 0 Å². The molecule has 0 saturated heterocycles. The van der Waals surface area contributed by atoms with E-state index < -0.39 is 29.5 Å². The van der Waals surface area contributed by atoms with Crippen LogP contribution in [0.4, 0.5) is 19.0 Å². The minimum atomic E-state index is -4.66. The number of nitrogens with zero attached hydrogens (tertiary/aromatic N) is 3. The maximum atomic E-state index is 12.6. The molecule has 1 amide bonds. The Hall–Kier alpha value is -3.28. The van der Waals surface area contributed by atoms with Crippen molar-refractivity contribution in [3.63, 3.8) is 0 Å². The zero-order chi connectivity index (χ0) is 18.6. The van der Waals surface area contributed by atoms with E-state index in [1.54, 1.807) is 18.2 Å². The Bertz CT molecular complexity index is 845. The van der Waals surface area contributed by atoms with Crippen molar-refractivity contribution in [2.45, 2.75) is 13.1 Å². The molecule has 1 N–H and O–H groups in total. The zero-order valence-corrected chi connectivity index (χ0v) is 12.8. The summed E-state index contributed by atoms with van der Waals surface area (Å²) in [5.74, 6) is -3.46. The lowest BCUT2D eigenvalue weighted by Gasteiger charge is -2.12. The van der Waals surface area contributed by atoms with E-state index in [0.29, 0.717) is 6.07 Å². The predicted molar refractivity (Wildman–Crippen MR) is 80.3 cm³/mol. The van der Waals surface area contributed by atoms with Crippen LogP contribution in [0.3, 0.4) is 0 Å². The van der Waals surface area contributed by atoms with Gasteiger partial charge >= 0.3 is 6.18 Å². The number of hydrogen-bond donors (Lipinski definition) is 1. The fourth-order valence-electron chi connectivity index (χ4n) is 2.01. The average molecular weight is 348 g/mol. The van der Waals surface area contributed by atoms with E-state index in [4.69, 9.17) is 5.26 Å². The number of ketones is 1. The van der Waals surface area contributed by atoms with Gasteiger partial charge < -0.3 is 5.32 Å². The van der Waals surface area contributed by atoms with E-state index >= 15 is 0 Å². The van der Waals surface area contributed by atoms with E-state index in [-0.39, 0.29) is 17.1 Å². The fourth-order valence-corrected chi connectivity index (χ4v) is 2.01. The minimum absolute atomic E-state index is 0.141. The van der Waals surface area contributed by atoms with Crippen molar-refractivity contribution in [1.29, 1.82) is 5.26 Å². The third kappa shape index (κ3) is 4.17. The molecule has 2 aromatic heterocycles. The summed E-state index contributed by atoms with van der Waals surface area (Å²) in [6.45, 7) is 1.20. The number of halogens is 3. The molecule has 0 aliphatic heterocycles. The number of nitriles is 1. The Kier molecular flexibility index (Phi) is 5.12. The molecule has 0 aliphatic rings. The summed E-state index contributed by atoms with van der Waals surface area (Å²) in [7, 11) is 0. The van der Waals surface area contributed by atoms with Crippen molar-refractivity contribution in [2.75, 3.05) is 5.32 Å². The second-order valence-electron chi connectivity index (χ2n) is 4.96. The van der Waals surface area contributed by atoms with E-state index in [9.17, 15) is 22.8 Å². The number of hydrogen-bond acceptors (Lipinski definition) is 5. The molecule has 6 nitrogen and oxygen atoms in total. The highest BCUT2D eigenvalue weighted by Crippen LogP contribution is 2.28. The van der Waals surface area contributed by atoms with Crippen LogP contribution in [0.1, 0.15) is 21.7 Å². The Balaban J connectivity index is 2.25. The molecular weight excluding hydrogens is 337 g/mol.